The van der Waals surface area contributed by atoms with Gasteiger partial charge in [0, 0.05) is 19.1 Å². The van der Waals surface area contributed by atoms with Gasteiger partial charge in [-0.05, 0) is 56.3 Å². The Bertz CT molecular complexity index is 411. The first kappa shape index (κ1) is 13.1. The second-order valence-corrected chi connectivity index (χ2v) is 6.28. The van der Waals surface area contributed by atoms with Crippen LogP contribution in [-0.4, -0.2) is 31.1 Å². The molecule has 1 saturated heterocycles. The molecule has 1 atom stereocenters. The molecule has 1 aliphatic heterocycles. The van der Waals surface area contributed by atoms with Crippen molar-refractivity contribution in [1.29, 1.82) is 0 Å². The molecule has 1 unspecified atom stereocenters. The van der Waals surface area contributed by atoms with Gasteiger partial charge in [-0.1, -0.05) is 30.7 Å². The maximum absolute atomic E-state index is 3.65. The van der Waals surface area contributed by atoms with Crippen LogP contribution in [0.3, 0.4) is 0 Å². The predicted octanol–water partition coefficient (Wildman–Crippen LogP) is 3.14. The molecule has 1 aromatic carbocycles. The second kappa shape index (κ2) is 6.06. The van der Waals surface area contributed by atoms with Crippen LogP contribution in [0.5, 0.6) is 0 Å². The van der Waals surface area contributed by atoms with Crippen LogP contribution in [0.15, 0.2) is 24.3 Å². The molecule has 1 aliphatic carbocycles. The monoisotopic (exact) mass is 258 g/mol. The van der Waals surface area contributed by atoms with E-state index in [1.807, 2.05) is 0 Å². The van der Waals surface area contributed by atoms with Gasteiger partial charge in [0.05, 0.1) is 0 Å². The molecule has 3 rings (SSSR count). The molecule has 0 amide bonds. The number of hydrogen-bond acceptors (Lipinski definition) is 2. The Morgan fingerprint density at radius 3 is 2.89 bits per heavy atom. The zero-order valence-corrected chi connectivity index (χ0v) is 12.1. The summed E-state index contributed by atoms with van der Waals surface area (Å²) in [4.78, 5) is 2.51. The van der Waals surface area contributed by atoms with Crippen LogP contribution >= 0.6 is 0 Å². The Morgan fingerprint density at radius 2 is 2.11 bits per heavy atom. The van der Waals surface area contributed by atoms with Gasteiger partial charge in [-0.2, -0.15) is 0 Å². The molecule has 0 radical (unpaired) electrons. The number of nitrogens with one attached hydrogen (secondary N) is 1. The Kier molecular flexibility index (Phi) is 4.19. The lowest BCUT2D eigenvalue weighted by Gasteiger charge is -2.32. The topological polar surface area (TPSA) is 15.3 Å². The fraction of sp³-hybridized carbons (Fsp3) is 0.647. The molecule has 2 aliphatic rings. The average Bonchev–Trinajstić information content (AvgIpc) is 3.26. The van der Waals surface area contributed by atoms with Crippen molar-refractivity contribution in [3.63, 3.8) is 0 Å². The third-order valence-corrected chi connectivity index (χ3v) is 4.63. The van der Waals surface area contributed by atoms with E-state index in [1.54, 1.807) is 5.56 Å². The number of rotatable bonds is 5. The van der Waals surface area contributed by atoms with Gasteiger partial charge in [-0.15, -0.1) is 0 Å². The van der Waals surface area contributed by atoms with E-state index in [4.69, 9.17) is 0 Å². The first-order valence-corrected chi connectivity index (χ1v) is 7.83. The van der Waals surface area contributed by atoms with Crippen LogP contribution in [-0.2, 0) is 6.54 Å². The normalized spacial score (nSPS) is 24.6. The summed E-state index contributed by atoms with van der Waals surface area (Å²) in [5, 5.41) is 3.65. The second-order valence-electron chi connectivity index (χ2n) is 6.28. The number of benzene rings is 1. The molecule has 19 heavy (non-hydrogen) atoms. The molecule has 1 aromatic rings. The van der Waals surface area contributed by atoms with Crippen LogP contribution in [0.4, 0.5) is 0 Å². The zero-order chi connectivity index (χ0) is 13.1. The molecule has 1 N–H and O–H groups in total. The van der Waals surface area contributed by atoms with Gasteiger partial charge in [0.25, 0.3) is 0 Å². The van der Waals surface area contributed by atoms with Crippen LogP contribution in [0, 0.1) is 0 Å². The summed E-state index contributed by atoms with van der Waals surface area (Å²) >= 11 is 0. The first-order valence-electron chi connectivity index (χ1n) is 7.83. The van der Waals surface area contributed by atoms with E-state index in [0.717, 1.165) is 25.0 Å². The summed E-state index contributed by atoms with van der Waals surface area (Å²) in [6.45, 7) is 3.42. The van der Waals surface area contributed by atoms with Gasteiger partial charge in [-0.25, -0.2) is 0 Å². The first-order chi connectivity index (χ1) is 9.33. The molecular weight excluding hydrogens is 232 g/mol. The van der Waals surface area contributed by atoms with Gasteiger partial charge in [0.15, 0.2) is 0 Å². The fourth-order valence-corrected chi connectivity index (χ4v) is 3.16. The molecule has 104 valence electrons. The number of nitrogens with zero attached hydrogens (tertiary/aromatic N) is 1. The molecule has 0 aromatic heterocycles. The van der Waals surface area contributed by atoms with E-state index in [-0.39, 0.29) is 0 Å². The molecule has 1 saturated carbocycles. The highest BCUT2D eigenvalue weighted by atomic mass is 15.2. The van der Waals surface area contributed by atoms with Crippen LogP contribution in [0.25, 0.3) is 0 Å². The smallest absolute Gasteiger partial charge is 0.0217 e. The quantitative estimate of drug-likeness (QED) is 0.873. The predicted molar refractivity (Wildman–Crippen MR) is 80.4 cm³/mol. The van der Waals surface area contributed by atoms with Gasteiger partial charge in [0.1, 0.15) is 0 Å². The number of likely N-dealkylation sites (tertiary alicyclic amines) is 1. The SMILES string of the molecule is CN1CCCCC1CNCc1cccc(C2CC2)c1. The zero-order valence-electron chi connectivity index (χ0n) is 12.1. The van der Waals surface area contributed by atoms with Gasteiger partial charge >= 0.3 is 0 Å². The van der Waals surface area contributed by atoms with Crippen molar-refractivity contribution >= 4 is 0 Å². The summed E-state index contributed by atoms with van der Waals surface area (Å²) < 4.78 is 0. The number of hydrogen-bond donors (Lipinski definition) is 1. The Morgan fingerprint density at radius 1 is 1.21 bits per heavy atom. The fourth-order valence-electron chi connectivity index (χ4n) is 3.16. The summed E-state index contributed by atoms with van der Waals surface area (Å²) in [6, 6.07) is 9.90. The summed E-state index contributed by atoms with van der Waals surface area (Å²) in [7, 11) is 2.26. The average molecular weight is 258 g/mol. The van der Waals surface area contributed by atoms with Gasteiger partial charge in [-0.3, -0.25) is 0 Å². The van der Waals surface area contributed by atoms with E-state index in [2.05, 4.69) is 41.5 Å². The minimum Gasteiger partial charge on any atom is -0.311 e. The molecule has 0 bridgehead atoms. The molecule has 0 spiro atoms. The summed E-state index contributed by atoms with van der Waals surface area (Å²) in [6.07, 6.45) is 6.91. The minimum atomic E-state index is 0.736. The lowest BCUT2D eigenvalue weighted by Crippen LogP contribution is -2.42. The van der Waals surface area contributed by atoms with E-state index in [1.165, 1.54) is 44.2 Å². The molecular formula is C17H26N2. The maximum atomic E-state index is 3.65. The lowest BCUT2D eigenvalue weighted by molar-refractivity contribution is 0.181. The van der Waals surface area contributed by atoms with Gasteiger partial charge in [0.2, 0.25) is 0 Å². The van der Waals surface area contributed by atoms with Crippen molar-refractivity contribution in [2.75, 3.05) is 20.1 Å². The minimum absolute atomic E-state index is 0.736. The number of likely N-dealkylation sites (N-methyl/N-ethyl adjacent to an activating group) is 1. The molecule has 2 heteroatoms. The van der Waals surface area contributed by atoms with Crippen molar-refractivity contribution < 1.29 is 0 Å². The molecule has 2 nitrogen and oxygen atoms in total. The van der Waals surface area contributed by atoms with Crippen LogP contribution in [0.1, 0.15) is 49.1 Å². The Labute approximate surface area is 117 Å². The van der Waals surface area contributed by atoms with E-state index < -0.39 is 0 Å². The lowest BCUT2D eigenvalue weighted by atomic mass is 10.0. The summed E-state index contributed by atoms with van der Waals surface area (Å²) in [5.41, 5.74) is 3.00. The highest BCUT2D eigenvalue weighted by Crippen LogP contribution is 2.40. The van der Waals surface area contributed by atoms with Crippen molar-refractivity contribution in [1.82, 2.24) is 10.2 Å². The highest BCUT2D eigenvalue weighted by molar-refractivity contribution is 5.29. The Balaban J connectivity index is 1.47. The van der Waals surface area contributed by atoms with Crippen molar-refractivity contribution in [2.45, 2.75) is 50.6 Å². The molecule has 2 fully saturated rings. The van der Waals surface area contributed by atoms with Crippen molar-refractivity contribution in [3.8, 4) is 0 Å². The van der Waals surface area contributed by atoms with Crippen LogP contribution in [0.2, 0.25) is 0 Å². The standard InChI is InChI=1S/C17H26N2/c1-19-10-3-2-7-17(19)13-18-12-14-5-4-6-16(11-14)15-8-9-15/h4-6,11,15,17-18H,2-3,7-10,12-13H2,1H3. The third kappa shape index (κ3) is 3.58. The summed E-state index contributed by atoms with van der Waals surface area (Å²) in [5.74, 6) is 0.865. The molecule has 1 heterocycles. The number of piperidine rings is 1. The van der Waals surface area contributed by atoms with Crippen molar-refractivity contribution in [2.24, 2.45) is 0 Å². The Hall–Kier alpha value is -0.860. The van der Waals surface area contributed by atoms with Crippen molar-refractivity contribution in [3.05, 3.63) is 35.4 Å². The highest BCUT2D eigenvalue weighted by Gasteiger charge is 2.23. The van der Waals surface area contributed by atoms with E-state index >= 15 is 0 Å². The maximum Gasteiger partial charge on any atom is 0.0217 e. The largest absolute Gasteiger partial charge is 0.311 e. The van der Waals surface area contributed by atoms with E-state index in [9.17, 15) is 0 Å². The van der Waals surface area contributed by atoms with Crippen LogP contribution < -0.4 is 5.32 Å². The van der Waals surface area contributed by atoms with Gasteiger partial charge < -0.3 is 10.2 Å². The van der Waals surface area contributed by atoms with E-state index in [0.29, 0.717) is 0 Å². The third-order valence-electron chi connectivity index (χ3n) is 4.63.